The Hall–Kier alpha value is -1.33. The van der Waals surface area contributed by atoms with Gasteiger partial charge in [0.1, 0.15) is 6.33 Å². The monoisotopic (exact) mass is 262 g/mol. The van der Waals surface area contributed by atoms with Crippen LogP contribution in [0.15, 0.2) is 40.6 Å². The van der Waals surface area contributed by atoms with Crippen molar-refractivity contribution in [3.63, 3.8) is 0 Å². The van der Waals surface area contributed by atoms with E-state index in [1.54, 1.807) is 22.8 Å². The van der Waals surface area contributed by atoms with Crippen LogP contribution >= 0.6 is 11.8 Å². The molecule has 1 heterocycles. The van der Waals surface area contributed by atoms with Gasteiger partial charge in [0, 0.05) is 18.0 Å². The summed E-state index contributed by atoms with van der Waals surface area (Å²) in [5.41, 5.74) is 1.32. The summed E-state index contributed by atoms with van der Waals surface area (Å²) in [4.78, 5) is 5.38. The van der Waals surface area contributed by atoms with E-state index in [9.17, 15) is 0 Å². The zero-order valence-electron chi connectivity index (χ0n) is 10.9. The topological polar surface area (TPSA) is 42.7 Å². The molecule has 1 aromatic heterocycles. The van der Waals surface area contributed by atoms with Crippen molar-refractivity contribution in [3.05, 3.63) is 36.2 Å². The van der Waals surface area contributed by atoms with E-state index in [4.69, 9.17) is 0 Å². The zero-order valence-corrected chi connectivity index (χ0v) is 11.7. The van der Waals surface area contributed by atoms with Crippen LogP contribution in [0.2, 0.25) is 0 Å². The fraction of sp³-hybridized carbons (Fsp3) is 0.385. The van der Waals surface area contributed by atoms with Gasteiger partial charge in [0.2, 0.25) is 0 Å². The third kappa shape index (κ3) is 2.91. The Labute approximate surface area is 112 Å². The molecule has 18 heavy (non-hydrogen) atoms. The lowest BCUT2D eigenvalue weighted by Crippen LogP contribution is -2.14. The molecule has 1 atom stereocenters. The van der Waals surface area contributed by atoms with Gasteiger partial charge in [-0.3, -0.25) is 0 Å². The maximum Gasteiger partial charge on any atom is 0.190 e. The molecule has 2 rings (SSSR count). The van der Waals surface area contributed by atoms with Gasteiger partial charge in [-0.2, -0.15) is 5.10 Å². The van der Waals surface area contributed by atoms with Gasteiger partial charge in [-0.1, -0.05) is 30.8 Å². The second-order valence-corrected chi connectivity index (χ2v) is 5.13. The third-order valence-electron chi connectivity index (χ3n) is 2.92. The molecule has 96 valence electrons. The van der Waals surface area contributed by atoms with E-state index in [1.807, 2.05) is 14.1 Å². The number of benzene rings is 1. The highest BCUT2D eigenvalue weighted by molar-refractivity contribution is 7.99. The smallest absolute Gasteiger partial charge is 0.190 e. The van der Waals surface area contributed by atoms with E-state index in [0.29, 0.717) is 6.04 Å². The van der Waals surface area contributed by atoms with Crippen LogP contribution in [-0.2, 0) is 7.05 Å². The highest BCUT2D eigenvalue weighted by Crippen LogP contribution is 2.26. The zero-order chi connectivity index (χ0) is 13.0. The Balaban J connectivity index is 2.10. The molecule has 0 saturated heterocycles. The van der Waals surface area contributed by atoms with Gasteiger partial charge >= 0.3 is 0 Å². The number of nitrogens with zero attached hydrogens (tertiary/aromatic N) is 3. The molecule has 0 aliphatic heterocycles. The molecule has 4 nitrogen and oxygen atoms in total. The normalized spacial score (nSPS) is 12.6. The SMILES string of the molecule is CCC(NC)c1ccc(Sc2ncnn2C)cc1. The van der Waals surface area contributed by atoms with Crippen molar-refractivity contribution in [3.8, 4) is 0 Å². The molecule has 0 aliphatic carbocycles. The van der Waals surface area contributed by atoms with E-state index in [0.717, 1.165) is 11.6 Å². The maximum atomic E-state index is 4.20. The second kappa shape index (κ2) is 6.02. The first-order valence-corrected chi connectivity index (χ1v) is 6.85. The summed E-state index contributed by atoms with van der Waals surface area (Å²) >= 11 is 1.63. The van der Waals surface area contributed by atoms with Gasteiger partial charge in [-0.15, -0.1) is 0 Å². The fourth-order valence-corrected chi connectivity index (χ4v) is 2.62. The van der Waals surface area contributed by atoms with Crippen LogP contribution in [-0.4, -0.2) is 21.8 Å². The molecule has 0 aliphatic rings. The van der Waals surface area contributed by atoms with Crippen molar-refractivity contribution < 1.29 is 0 Å². The van der Waals surface area contributed by atoms with Gasteiger partial charge in [0.25, 0.3) is 0 Å². The molecular weight excluding hydrogens is 244 g/mol. The summed E-state index contributed by atoms with van der Waals surface area (Å²) in [6.07, 6.45) is 2.66. The van der Waals surface area contributed by atoms with Crippen LogP contribution in [0.5, 0.6) is 0 Å². The van der Waals surface area contributed by atoms with Crippen LogP contribution in [0.25, 0.3) is 0 Å². The molecule has 0 spiro atoms. The number of rotatable bonds is 5. The fourth-order valence-electron chi connectivity index (χ4n) is 1.86. The maximum absolute atomic E-state index is 4.20. The standard InChI is InChI=1S/C13H18N4S/c1-4-12(14-2)10-5-7-11(8-6-10)18-13-15-9-16-17(13)3/h5-9,12,14H,4H2,1-3H3. The van der Waals surface area contributed by atoms with Crippen molar-refractivity contribution in [1.82, 2.24) is 20.1 Å². The molecule has 0 bridgehead atoms. The Morgan fingerprint density at radius 1 is 1.33 bits per heavy atom. The molecule has 0 radical (unpaired) electrons. The highest BCUT2D eigenvalue weighted by atomic mass is 32.2. The number of hydrogen-bond donors (Lipinski definition) is 1. The summed E-state index contributed by atoms with van der Waals surface area (Å²) in [6, 6.07) is 9.04. The first-order chi connectivity index (χ1) is 8.74. The quantitative estimate of drug-likeness (QED) is 0.899. The molecule has 0 fully saturated rings. The molecule has 2 aromatic rings. The van der Waals surface area contributed by atoms with Crippen molar-refractivity contribution in [1.29, 1.82) is 0 Å². The molecule has 0 amide bonds. The summed E-state index contributed by atoms with van der Waals surface area (Å²) in [7, 11) is 3.90. The van der Waals surface area contributed by atoms with Gasteiger partial charge in [-0.25, -0.2) is 9.67 Å². The first-order valence-electron chi connectivity index (χ1n) is 6.03. The van der Waals surface area contributed by atoms with E-state index in [-0.39, 0.29) is 0 Å². The van der Waals surface area contributed by atoms with Crippen molar-refractivity contribution in [2.75, 3.05) is 7.05 Å². The Morgan fingerprint density at radius 2 is 2.06 bits per heavy atom. The molecule has 1 N–H and O–H groups in total. The van der Waals surface area contributed by atoms with Gasteiger partial charge in [0.05, 0.1) is 0 Å². The summed E-state index contributed by atoms with van der Waals surface area (Å²) in [5.74, 6) is 0. The lowest BCUT2D eigenvalue weighted by atomic mass is 10.1. The average Bonchev–Trinajstić information content (AvgIpc) is 2.79. The highest BCUT2D eigenvalue weighted by Gasteiger charge is 2.07. The Morgan fingerprint density at radius 3 is 2.56 bits per heavy atom. The first kappa shape index (κ1) is 13.1. The van der Waals surface area contributed by atoms with Crippen LogP contribution in [0, 0.1) is 0 Å². The van der Waals surface area contributed by atoms with E-state index in [2.05, 4.69) is 46.6 Å². The van der Waals surface area contributed by atoms with Crippen LogP contribution in [0.3, 0.4) is 0 Å². The predicted octanol–water partition coefficient (Wildman–Crippen LogP) is 2.64. The van der Waals surface area contributed by atoms with Crippen LogP contribution in [0.1, 0.15) is 24.9 Å². The minimum Gasteiger partial charge on any atom is -0.313 e. The number of aromatic nitrogens is 3. The predicted molar refractivity (Wildman–Crippen MR) is 73.7 cm³/mol. The van der Waals surface area contributed by atoms with Crippen LogP contribution < -0.4 is 5.32 Å². The van der Waals surface area contributed by atoms with Crippen molar-refractivity contribution >= 4 is 11.8 Å². The summed E-state index contributed by atoms with van der Waals surface area (Å²) in [6.45, 7) is 2.18. The Bertz CT molecular complexity index is 488. The van der Waals surface area contributed by atoms with Crippen LogP contribution in [0.4, 0.5) is 0 Å². The molecule has 5 heteroatoms. The molecular formula is C13H18N4S. The van der Waals surface area contributed by atoms with Gasteiger partial charge < -0.3 is 5.32 Å². The summed E-state index contributed by atoms with van der Waals surface area (Å²) in [5, 5.41) is 8.27. The minimum absolute atomic E-state index is 0.430. The van der Waals surface area contributed by atoms with Gasteiger partial charge in [0.15, 0.2) is 5.16 Å². The Kier molecular flexibility index (Phi) is 4.38. The van der Waals surface area contributed by atoms with Gasteiger partial charge in [-0.05, 0) is 31.2 Å². The largest absolute Gasteiger partial charge is 0.313 e. The van der Waals surface area contributed by atoms with E-state index < -0.39 is 0 Å². The number of aryl methyl sites for hydroxylation is 1. The van der Waals surface area contributed by atoms with E-state index in [1.165, 1.54) is 10.5 Å². The molecule has 1 unspecified atom stereocenters. The number of nitrogens with one attached hydrogen (secondary N) is 1. The summed E-state index contributed by atoms with van der Waals surface area (Å²) < 4.78 is 1.78. The number of hydrogen-bond acceptors (Lipinski definition) is 4. The molecule has 1 aromatic carbocycles. The lowest BCUT2D eigenvalue weighted by molar-refractivity contribution is 0.576. The lowest BCUT2D eigenvalue weighted by Gasteiger charge is -2.14. The van der Waals surface area contributed by atoms with Crippen molar-refractivity contribution in [2.45, 2.75) is 29.4 Å². The van der Waals surface area contributed by atoms with Crippen molar-refractivity contribution in [2.24, 2.45) is 7.05 Å². The minimum atomic E-state index is 0.430. The van der Waals surface area contributed by atoms with E-state index >= 15 is 0 Å². The average molecular weight is 262 g/mol. The second-order valence-electron chi connectivity index (χ2n) is 4.09. The molecule has 0 saturated carbocycles. The third-order valence-corrected chi connectivity index (χ3v) is 3.98.